The van der Waals surface area contributed by atoms with E-state index in [9.17, 15) is 13.2 Å². The Hall–Kier alpha value is -2.38. The first-order valence-electron chi connectivity index (χ1n) is 8.65. The van der Waals surface area contributed by atoms with Crippen molar-refractivity contribution in [2.45, 2.75) is 31.1 Å². The van der Waals surface area contributed by atoms with Gasteiger partial charge in [-0.15, -0.1) is 0 Å². The smallest absolute Gasteiger partial charge is 0.255 e. The summed E-state index contributed by atoms with van der Waals surface area (Å²) in [6, 6.07) is 11.3. The van der Waals surface area contributed by atoms with E-state index < -0.39 is 10.0 Å². The fourth-order valence-electron chi connectivity index (χ4n) is 2.95. The van der Waals surface area contributed by atoms with Gasteiger partial charge in [0.05, 0.1) is 4.90 Å². The average Bonchev–Trinajstić information content (AvgIpc) is 2.65. The van der Waals surface area contributed by atoms with E-state index in [1.807, 2.05) is 13.0 Å². The number of hydrogen-bond acceptors (Lipinski definition) is 4. The van der Waals surface area contributed by atoms with Crippen LogP contribution in [0.15, 0.2) is 47.4 Å². The highest BCUT2D eigenvalue weighted by molar-refractivity contribution is 7.89. The van der Waals surface area contributed by atoms with Gasteiger partial charge in [-0.2, -0.15) is 4.31 Å². The number of carbonyl (C=O) groups excluding carboxylic acids is 1. The molecule has 0 aromatic heterocycles. The summed E-state index contributed by atoms with van der Waals surface area (Å²) in [5.41, 5.74) is 8.38. The number of piperidine rings is 1. The van der Waals surface area contributed by atoms with Gasteiger partial charge in [-0.3, -0.25) is 4.79 Å². The van der Waals surface area contributed by atoms with E-state index >= 15 is 0 Å². The molecule has 7 heteroatoms. The number of carbonyl (C=O) groups is 1. The van der Waals surface area contributed by atoms with Crippen LogP contribution < -0.4 is 11.1 Å². The fraction of sp³-hybridized carbons (Fsp3) is 0.316. The quantitative estimate of drug-likeness (QED) is 0.806. The normalized spacial score (nSPS) is 15.6. The number of amides is 1. The van der Waals surface area contributed by atoms with Gasteiger partial charge in [0.15, 0.2) is 0 Å². The standard InChI is InChI=1S/C19H23N3O3S/c1-14-5-8-16(13-18(14)20)21-19(23)15-6-9-17(10-7-15)26(24,25)22-11-3-2-4-12-22/h5-10,13H,2-4,11-12,20H2,1H3,(H,21,23). The highest BCUT2D eigenvalue weighted by Gasteiger charge is 2.25. The first-order valence-corrected chi connectivity index (χ1v) is 10.1. The Morgan fingerprint density at radius 3 is 2.31 bits per heavy atom. The van der Waals surface area contributed by atoms with Crippen LogP contribution in [0, 0.1) is 6.92 Å². The van der Waals surface area contributed by atoms with E-state index in [1.54, 1.807) is 12.1 Å². The Bertz CT molecular complexity index is 902. The minimum atomic E-state index is -3.49. The fourth-order valence-corrected chi connectivity index (χ4v) is 4.47. The van der Waals surface area contributed by atoms with Crippen LogP contribution in [0.3, 0.4) is 0 Å². The molecule has 2 aromatic rings. The maximum absolute atomic E-state index is 12.6. The van der Waals surface area contributed by atoms with E-state index in [-0.39, 0.29) is 10.8 Å². The second-order valence-electron chi connectivity index (χ2n) is 6.51. The summed E-state index contributed by atoms with van der Waals surface area (Å²) in [6.45, 7) is 3.00. The zero-order chi connectivity index (χ0) is 18.7. The van der Waals surface area contributed by atoms with Crippen molar-refractivity contribution in [2.75, 3.05) is 24.1 Å². The second kappa shape index (κ2) is 7.47. The molecule has 3 rings (SSSR count). The summed E-state index contributed by atoms with van der Waals surface area (Å²) in [5.74, 6) is -0.310. The van der Waals surface area contributed by atoms with E-state index in [0.29, 0.717) is 30.0 Å². The topological polar surface area (TPSA) is 92.5 Å². The molecule has 0 spiro atoms. The lowest BCUT2D eigenvalue weighted by atomic mass is 10.1. The second-order valence-corrected chi connectivity index (χ2v) is 8.45. The van der Waals surface area contributed by atoms with E-state index in [0.717, 1.165) is 24.8 Å². The van der Waals surface area contributed by atoms with Crippen LogP contribution in [0.2, 0.25) is 0 Å². The highest BCUT2D eigenvalue weighted by Crippen LogP contribution is 2.22. The van der Waals surface area contributed by atoms with E-state index in [4.69, 9.17) is 5.73 Å². The molecule has 3 N–H and O–H groups in total. The number of anilines is 2. The first kappa shape index (κ1) is 18.4. The molecule has 0 aliphatic carbocycles. The molecular formula is C19H23N3O3S. The maximum atomic E-state index is 12.6. The van der Waals surface area contributed by atoms with Gasteiger partial charge in [0.25, 0.3) is 5.91 Å². The molecule has 0 unspecified atom stereocenters. The summed E-state index contributed by atoms with van der Waals surface area (Å²) < 4.78 is 26.8. The molecule has 26 heavy (non-hydrogen) atoms. The highest BCUT2D eigenvalue weighted by atomic mass is 32.2. The van der Waals surface area contributed by atoms with Crippen LogP contribution in [0.25, 0.3) is 0 Å². The molecule has 138 valence electrons. The summed E-state index contributed by atoms with van der Waals surface area (Å²) in [7, 11) is -3.49. The number of nitrogen functional groups attached to an aromatic ring is 1. The van der Waals surface area contributed by atoms with Crippen LogP contribution >= 0.6 is 0 Å². The van der Waals surface area contributed by atoms with Gasteiger partial charge < -0.3 is 11.1 Å². The third kappa shape index (κ3) is 3.89. The molecule has 1 aliphatic rings. The van der Waals surface area contributed by atoms with Crippen molar-refractivity contribution < 1.29 is 13.2 Å². The van der Waals surface area contributed by atoms with E-state index in [2.05, 4.69) is 5.32 Å². The summed E-state index contributed by atoms with van der Waals surface area (Å²) in [6.07, 6.45) is 2.84. The van der Waals surface area contributed by atoms with E-state index in [1.165, 1.54) is 28.6 Å². The van der Waals surface area contributed by atoms with Crippen LogP contribution in [-0.2, 0) is 10.0 Å². The minimum absolute atomic E-state index is 0.218. The number of nitrogens with one attached hydrogen (secondary N) is 1. The van der Waals surface area contributed by atoms with Crippen molar-refractivity contribution in [3.63, 3.8) is 0 Å². The van der Waals surface area contributed by atoms with Crippen molar-refractivity contribution in [3.05, 3.63) is 53.6 Å². The van der Waals surface area contributed by atoms with Crippen LogP contribution in [0.1, 0.15) is 35.2 Å². The lowest BCUT2D eigenvalue weighted by Gasteiger charge is -2.25. The number of hydrogen-bond donors (Lipinski definition) is 2. The van der Waals surface area contributed by atoms with Gasteiger partial charge in [-0.05, 0) is 61.7 Å². The van der Waals surface area contributed by atoms with Gasteiger partial charge in [0.1, 0.15) is 0 Å². The van der Waals surface area contributed by atoms with Gasteiger partial charge in [-0.25, -0.2) is 8.42 Å². The van der Waals surface area contributed by atoms with Gasteiger partial charge >= 0.3 is 0 Å². The largest absolute Gasteiger partial charge is 0.398 e. The molecule has 6 nitrogen and oxygen atoms in total. The Balaban J connectivity index is 1.74. The van der Waals surface area contributed by atoms with Crippen LogP contribution in [0.5, 0.6) is 0 Å². The Labute approximate surface area is 154 Å². The Morgan fingerprint density at radius 2 is 1.69 bits per heavy atom. The lowest BCUT2D eigenvalue weighted by Crippen LogP contribution is -2.35. The molecule has 0 radical (unpaired) electrons. The molecule has 0 bridgehead atoms. The molecule has 0 atom stereocenters. The summed E-state index contributed by atoms with van der Waals surface area (Å²) >= 11 is 0. The minimum Gasteiger partial charge on any atom is -0.398 e. The zero-order valence-corrected chi connectivity index (χ0v) is 15.6. The predicted octanol–water partition coefficient (Wildman–Crippen LogP) is 3.00. The summed E-state index contributed by atoms with van der Waals surface area (Å²) in [4.78, 5) is 12.6. The van der Waals surface area contributed by atoms with Gasteiger partial charge in [-0.1, -0.05) is 12.5 Å². The maximum Gasteiger partial charge on any atom is 0.255 e. The van der Waals surface area contributed by atoms with Crippen molar-refractivity contribution in [1.82, 2.24) is 4.31 Å². The molecule has 2 aromatic carbocycles. The number of nitrogens with zero attached hydrogens (tertiary/aromatic N) is 1. The monoisotopic (exact) mass is 373 g/mol. The number of nitrogens with two attached hydrogens (primary N) is 1. The molecular weight excluding hydrogens is 350 g/mol. The van der Waals surface area contributed by atoms with Crippen LogP contribution in [-0.4, -0.2) is 31.7 Å². The molecule has 0 saturated carbocycles. The molecule has 1 saturated heterocycles. The number of benzene rings is 2. The first-order chi connectivity index (χ1) is 12.4. The van der Waals surface area contributed by atoms with Crippen molar-refractivity contribution in [3.8, 4) is 0 Å². The average molecular weight is 373 g/mol. The van der Waals surface area contributed by atoms with Gasteiger partial charge in [0.2, 0.25) is 10.0 Å². The third-order valence-corrected chi connectivity index (χ3v) is 6.52. The third-order valence-electron chi connectivity index (χ3n) is 4.61. The van der Waals surface area contributed by atoms with Crippen molar-refractivity contribution in [1.29, 1.82) is 0 Å². The zero-order valence-electron chi connectivity index (χ0n) is 14.7. The van der Waals surface area contributed by atoms with Gasteiger partial charge in [0, 0.05) is 30.0 Å². The Kier molecular flexibility index (Phi) is 5.29. The number of sulfonamides is 1. The van der Waals surface area contributed by atoms with Crippen LogP contribution in [0.4, 0.5) is 11.4 Å². The Morgan fingerprint density at radius 1 is 1.04 bits per heavy atom. The SMILES string of the molecule is Cc1ccc(NC(=O)c2ccc(S(=O)(=O)N3CCCCC3)cc2)cc1N. The van der Waals surface area contributed by atoms with Crippen molar-refractivity contribution >= 4 is 27.3 Å². The number of rotatable bonds is 4. The summed E-state index contributed by atoms with van der Waals surface area (Å²) in [5, 5.41) is 2.77. The lowest BCUT2D eigenvalue weighted by molar-refractivity contribution is 0.102. The molecule has 1 fully saturated rings. The molecule has 1 amide bonds. The van der Waals surface area contributed by atoms with Crippen molar-refractivity contribution in [2.24, 2.45) is 0 Å². The number of aryl methyl sites for hydroxylation is 1. The molecule has 1 heterocycles. The predicted molar refractivity (Wildman–Crippen MR) is 103 cm³/mol. The molecule has 1 aliphatic heterocycles.